The number of aliphatic hydroxyl groups is 1. The van der Waals surface area contributed by atoms with Gasteiger partial charge in [-0.15, -0.1) is 0 Å². The predicted octanol–water partition coefficient (Wildman–Crippen LogP) is 4.21. The molecule has 2 rings (SSSR count). The van der Waals surface area contributed by atoms with Crippen LogP contribution < -0.4 is 4.74 Å². The van der Waals surface area contributed by atoms with Crippen molar-refractivity contribution in [3.63, 3.8) is 0 Å². The number of methoxy groups -OCH3 is 1. The van der Waals surface area contributed by atoms with Crippen molar-refractivity contribution in [1.82, 2.24) is 0 Å². The van der Waals surface area contributed by atoms with Crippen molar-refractivity contribution < 1.29 is 9.84 Å². The van der Waals surface area contributed by atoms with Crippen molar-refractivity contribution in [2.75, 3.05) is 7.11 Å². The lowest BCUT2D eigenvalue weighted by molar-refractivity contribution is 0.0266. The summed E-state index contributed by atoms with van der Waals surface area (Å²) in [6.07, 6.45) is 2.77. The summed E-state index contributed by atoms with van der Waals surface area (Å²) >= 11 is 3.43. The molecular weight excluding hydrogens is 318 g/mol. The molecule has 0 amide bonds. The fourth-order valence-corrected chi connectivity index (χ4v) is 3.45. The standard InChI is InChI=1S/C16H20BrNO2/c1-11-5-7-16(10-18,8-6-11)15(19)12-3-4-14(20-2)13(17)9-12/h3-4,9,11,15,19H,5-8H2,1-2H3. The number of nitriles is 1. The second-order valence-corrected chi connectivity index (χ2v) is 6.60. The van der Waals surface area contributed by atoms with Crippen LogP contribution in [0.25, 0.3) is 0 Å². The predicted molar refractivity (Wildman–Crippen MR) is 81.3 cm³/mol. The van der Waals surface area contributed by atoms with Crippen LogP contribution in [0, 0.1) is 22.7 Å². The molecule has 0 aromatic heterocycles. The first kappa shape index (κ1) is 15.3. The molecule has 0 heterocycles. The van der Waals surface area contributed by atoms with Gasteiger partial charge in [-0.2, -0.15) is 5.26 Å². The van der Waals surface area contributed by atoms with E-state index in [4.69, 9.17) is 4.74 Å². The van der Waals surface area contributed by atoms with Crippen LogP contribution >= 0.6 is 15.9 Å². The second kappa shape index (κ2) is 6.15. The average Bonchev–Trinajstić information content (AvgIpc) is 2.47. The number of ether oxygens (including phenoxy) is 1. The van der Waals surface area contributed by atoms with Gasteiger partial charge in [-0.1, -0.05) is 13.0 Å². The maximum atomic E-state index is 10.7. The van der Waals surface area contributed by atoms with Crippen LogP contribution in [0.4, 0.5) is 0 Å². The summed E-state index contributed by atoms with van der Waals surface area (Å²) in [7, 11) is 1.61. The SMILES string of the molecule is COc1ccc(C(O)C2(C#N)CCC(C)CC2)cc1Br. The highest BCUT2D eigenvalue weighted by atomic mass is 79.9. The molecule has 0 aliphatic heterocycles. The highest BCUT2D eigenvalue weighted by molar-refractivity contribution is 9.10. The van der Waals surface area contributed by atoms with E-state index in [2.05, 4.69) is 28.9 Å². The van der Waals surface area contributed by atoms with Gasteiger partial charge in [0, 0.05) is 0 Å². The number of nitrogens with zero attached hydrogens (tertiary/aromatic N) is 1. The first-order valence-electron chi connectivity index (χ1n) is 6.95. The Morgan fingerprint density at radius 2 is 2.10 bits per heavy atom. The molecule has 3 nitrogen and oxygen atoms in total. The molecular formula is C16H20BrNO2. The quantitative estimate of drug-likeness (QED) is 0.898. The van der Waals surface area contributed by atoms with Gasteiger partial charge < -0.3 is 9.84 Å². The lowest BCUT2D eigenvalue weighted by Crippen LogP contribution is -2.32. The zero-order valence-corrected chi connectivity index (χ0v) is 13.5. The average molecular weight is 338 g/mol. The Morgan fingerprint density at radius 1 is 1.45 bits per heavy atom. The van der Waals surface area contributed by atoms with Gasteiger partial charge in [0.05, 0.1) is 29.2 Å². The molecule has 108 valence electrons. The van der Waals surface area contributed by atoms with Crippen LogP contribution in [0.5, 0.6) is 5.75 Å². The highest BCUT2D eigenvalue weighted by Gasteiger charge is 2.41. The molecule has 1 atom stereocenters. The van der Waals surface area contributed by atoms with E-state index in [1.54, 1.807) is 7.11 Å². The minimum atomic E-state index is -0.748. The van der Waals surface area contributed by atoms with Gasteiger partial charge in [0.25, 0.3) is 0 Å². The van der Waals surface area contributed by atoms with E-state index in [0.717, 1.165) is 41.5 Å². The van der Waals surface area contributed by atoms with Gasteiger partial charge in [0.1, 0.15) is 5.75 Å². The number of aliphatic hydroxyl groups excluding tert-OH is 1. The molecule has 1 N–H and O–H groups in total. The lowest BCUT2D eigenvalue weighted by atomic mass is 9.67. The van der Waals surface area contributed by atoms with E-state index in [9.17, 15) is 10.4 Å². The fourth-order valence-electron chi connectivity index (χ4n) is 2.90. The summed E-state index contributed by atoms with van der Waals surface area (Å²) in [6.45, 7) is 2.21. The van der Waals surface area contributed by atoms with E-state index in [1.807, 2.05) is 18.2 Å². The molecule has 1 aliphatic carbocycles. The van der Waals surface area contributed by atoms with E-state index < -0.39 is 11.5 Å². The molecule has 20 heavy (non-hydrogen) atoms. The molecule has 0 radical (unpaired) electrons. The third kappa shape index (κ3) is 2.84. The van der Waals surface area contributed by atoms with Gasteiger partial charge in [-0.05, 0) is 65.2 Å². The first-order chi connectivity index (χ1) is 9.52. The summed E-state index contributed by atoms with van der Waals surface area (Å²) in [6, 6.07) is 7.89. The van der Waals surface area contributed by atoms with Crippen molar-refractivity contribution in [2.24, 2.45) is 11.3 Å². The van der Waals surface area contributed by atoms with E-state index >= 15 is 0 Å². The van der Waals surface area contributed by atoms with Crippen molar-refractivity contribution >= 4 is 15.9 Å². The Balaban J connectivity index is 2.27. The minimum Gasteiger partial charge on any atom is -0.496 e. The molecule has 1 aliphatic rings. The molecule has 4 heteroatoms. The number of benzene rings is 1. The zero-order valence-electron chi connectivity index (χ0n) is 11.9. The molecule has 1 fully saturated rings. The second-order valence-electron chi connectivity index (χ2n) is 5.75. The van der Waals surface area contributed by atoms with Crippen LogP contribution in [0.2, 0.25) is 0 Å². The summed E-state index contributed by atoms with van der Waals surface area (Å²) in [5.74, 6) is 1.37. The molecule has 1 aromatic carbocycles. The smallest absolute Gasteiger partial charge is 0.133 e. The molecule has 1 aromatic rings. The summed E-state index contributed by atoms with van der Waals surface area (Å²) in [5.41, 5.74) is 0.120. The topological polar surface area (TPSA) is 53.2 Å². The van der Waals surface area contributed by atoms with Gasteiger partial charge in [0.2, 0.25) is 0 Å². The van der Waals surface area contributed by atoms with Crippen LogP contribution in [0.3, 0.4) is 0 Å². The Bertz CT molecular complexity index is 516. The fraction of sp³-hybridized carbons (Fsp3) is 0.562. The normalized spacial score (nSPS) is 27.6. The number of halogens is 1. The Kier molecular flexibility index (Phi) is 4.72. The van der Waals surface area contributed by atoms with E-state index in [0.29, 0.717) is 5.92 Å². The van der Waals surface area contributed by atoms with Crippen molar-refractivity contribution in [2.45, 2.75) is 38.7 Å². The number of hydrogen-bond donors (Lipinski definition) is 1. The Morgan fingerprint density at radius 3 is 2.60 bits per heavy atom. The highest BCUT2D eigenvalue weighted by Crippen LogP contribution is 2.47. The molecule has 0 bridgehead atoms. The first-order valence-corrected chi connectivity index (χ1v) is 7.74. The van der Waals surface area contributed by atoms with Gasteiger partial charge in [-0.3, -0.25) is 0 Å². The van der Waals surface area contributed by atoms with Gasteiger partial charge in [-0.25, -0.2) is 0 Å². The summed E-state index contributed by atoms with van der Waals surface area (Å²) < 4.78 is 6.00. The number of rotatable bonds is 3. The summed E-state index contributed by atoms with van der Waals surface area (Å²) in [5, 5.41) is 20.3. The van der Waals surface area contributed by atoms with Crippen molar-refractivity contribution in [3.05, 3.63) is 28.2 Å². The van der Waals surface area contributed by atoms with E-state index in [-0.39, 0.29) is 0 Å². The van der Waals surface area contributed by atoms with Gasteiger partial charge in [0.15, 0.2) is 0 Å². The maximum absolute atomic E-state index is 10.7. The molecule has 0 spiro atoms. The van der Waals surface area contributed by atoms with Crippen molar-refractivity contribution in [1.29, 1.82) is 5.26 Å². The van der Waals surface area contributed by atoms with Crippen molar-refractivity contribution in [3.8, 4) is 11.8 Å². The van der Waals surface area contributed by atoms with Gasteiger partial charge >= 0.3 is 0 Å². The number of hydrogen-bond acceptors (Lipinski definition) is 3. The van der Waals surface area contributed by atoms with Crippen LogP contribution in [-0.4, -0.2) is 12.2 Å². The monoisotopic (exact) mass is 337 g/mol. The van der Waals surface area contributed by atoms with Crippen LogP contribution in [0.15, 0.2) is 22.7 Å². The molecule has 0 saturated heterocycles. The molecule has 1 unspecified atom stereocenters. The zero-order chi connectivity index (χ0) is 14.8. The van der Waals surface area contributed by atoms with E-state index in [1.165, 1.54) is 0 Å². The molecule has 1 saturated carbocycles. The summed E-state index contributed by atoms with van der Waals surface area (Å²) in [4.78, 5) is 0. The van der Waals surface area contributed by atoms with Crippen LogP contribution in [-0.2, 0) is 0 Å². The third-order valence-electron chi connectivity index (χ3n) is 4.40. The minimum absolute atomic E-state index is 0.645. The lowest BCUT2D eigenvalue weighted by Gasteiger charge is -2.37. The third-order valence-corrected chi connectivity index (χ3v) is 5.02. The Labute approximate surface area is 128 Å². The van der Waals surface area contributed by atoms with Crippen LogP contribution in [0.1, 0.15) is 44.3 Å². The largest absolute Gasteiger partial charge is 0.496 e. The maximum Gasteiger partial charge on any atom is 0.133 e. The Hall–Kier alpha value is -1.05.